The van der Waals surface area contributed by atoms with Crippen molar-refractivity contribution in [2.75, 3.05) is 33.4 Å². The summed E-state index contributed by atoms with van der Waals surface area (Å²) in [6.45, 7) is 5.08. The van der Waals surface area contributed by atoms with Gasteiger partial charge in [0.1, 0.15) is 0 Å². The second-order valence-corrected chi connectivity index (χ2v) is 5.03. The lowest BCUT2D eigenvalue weighted by molar-refractivity contribution is -0.143. The average molecular weight is 261 g/mol. The summed E-state index contributed by atoms with van der Waals surface area (Å²) < 4.78 is 10.5. The molecule has 0 aromatic carbocycles. The van der Waals surface area contributed by atoms with Gasteiger partial charge in [0.2, 0.25) is 0 Å². The number of aliphatic hydroxyl groups is 1. The zero-order chi connectivity index (χ0) is 13.7. The second kappa shape index (κ2) is 7.04. The first-order valence-electron chi connectivity index (χ1n) is 6.22. The van der Waals surface area contributed by atoms with Crippen molar-refractivity contribution in [1.29, 1.82) is 0 Å². The van der Waals surface area contributed by atoms with Crippen LogP contribution in [0, 0.1) is 5.92 Å². The Bertz CT molecular complexity index is 271. The highest BCUT2D eigenvalue weighted by molar-refractivity contribution is 5.71. The van der Waals surface area contributed by atoms with Crippen LogP contribution in [-0.4, -0.2) is 72.7 Å². The van der Waals surface area contributed by atoms with E-state index in [4.69, 9.17) is 14.6 Å². The highest BCUT2D eigenvalue weighted by atomic mass is 16.5. The van der Waals surface area contributed by atoms with Gasteiger partial charge in [-0.15, -0.1) is 0 Å². The monoisotopic (exact) mass is 261 g/mol. The number of aliphatic carboxylic acids is 1. The van der Waals surface area contributed by atoms with Crippen molar-refractivity contribution in [1.82, 2.24) is 4.90 Å². The number of carboxylic acids is 1. The molecule has 0 saturated carbocycles. The molecule has 1 aliphatic heterocycles. The number of ether oxygens (including phenoxy) is 2. The molecule has 0 aromatic heterocycles. The van der Waals surface area contributed by atoms with Crippen LogP contribution in [0.5, 0.6) is 0 Å². The zero-order valence-electron chi connectivity index (χ0n) is 11.2. The minimum absolute atomic E-state index is 0.0755. The van der Waals surface area contributed by atoms with Crippen molar-refractivity contribution in [3.05, 3.63) is 0 Å². The molecule has 0 amide bonds. The van der Waals surface area contributed by atoms with E-state index in [0.717, 1.165) is 0 Å². The number of carbonyl (C=O) groups is 1. The Morgan fingerprint density at radius 3 is 2.72 bits per heavy atom. The summed E-state index contributed by atoms with van der Waals surface area (Å²) in [4.78, 5) is 12.9. The van der Waals surface area contributed by atoms with Gasteiger partial charge in [0.25, 0.3) is 0 Å². The van der Waals surface area contributed by atoms with Gasteiger partial charge in [0, 0.05) is 12.6 Å². The van der Waals surface area contributed by atoms with Gasteiger partial charge in [-0.1, -0.05) is 0 Å². The van der Waals surface area contributed by atoms with Crippen molar-refractivity contribution in [2.45, 2.75) is 32.1 Å². The molecule has 6 heteroatoms. The molecule has 1 heterocycles. The largest absolute Gasteiger partial charge is 0.481 e. The molecule has 3 unspecified atom stereocenters. The summed E-state index contributed by atoms with van der Waals surface area (Å²) in [7, 11) is 1.80. The summed E-state index contributed by atoms with van der Waals surface area (Å²) in [6, 6.07) is -0.184. The summed E-state index contributed by atoms with van der Waals surface area (Å²) in [6.07, 6.45) is -0.543. The summed E-state index contributed by atoms with van der Waals surface area (Å²) in [5.41, 5.74) is 0. The number of hydrogen-bond acceptors (Lipinski definition) is 5. The van der Waals surface area contributed by atoms with Crippen LogP contribution in [0.4, 0.5) is 0 Å². The summed E-state index contributed by atoms with van der Waals surface area (Å²) in [5, 5.41) is 18.8. The lowest BCUT2D eigenvalue weighted by atomic mass is 10.0. The molecule has 2 N–H and O–H groups in total. The molecular weight excluding hydrogens is 238 g/mol. The molecular formula is C12H23NO5. The first kappa shape index (κ1) is 15.4. The topological polar surface area (TPSA) is 79.2 Å². The number of nitrogens with zero attached hydrogens (tertiary/aromatic N) is 1. The highest BCUT2D eigenvalue weighted by Crippen LogP contribution is 2.19. The maximum Gasteiger partial charge on any atom is 0.310 e. The van der Waals surface area contributed by atoms with E-state index >= 15 is 0 Å². The maximum atomic E-state index is 11.0. The fourth-order valence-corrected chi connectivity index (χ4v) is 2.04. The number of likely N-dealkylation sites (N-methyl/N-ethyl adjacent to an activating group) is 1. The third-order valence-electron chi connectivity index (χ3n) is 3.05. The molecule has 106 valence electrons. The Hall–Kier alpha value is -0.690. The van der Waals surface area contributed by atoms with E-state index in [9.17, 15) is 9.90 Å². The third-order valence-corrected chi connectivity index (χ3v) is 3.05. The standard InChI is InChI=1S/C12H23NO5/c1-8(2)18-5-9(14)4-13(3)11-7-17-6-10(11)12(15)16/h8-11,14H,4-7H2,1-3H3,(H,15,16). The van der Waals surface area contributed by atoms with Crippen LogP contribution in [-0.2, 0) is 14.3 Å². The minimum atomic E-state index is -0.850. The summed E-state index contributed by atoms with van der Waals surface area (Å²) in [5.74, 6) is -1.37. The predicted octanol–water partition coefficient (Wildman–Crippen LogP) is -0.196. The Labute approximate surface area is 107 Å². The second-order valence-electron chi connectivity index (χ2n) is 5.03. The highest BCUT2D eigenvalue weighted by Gasteiger charge is 2.37. The van der Waals surface area contributed by atoms with E-state index in [1.54, 1.807) is 7.05 Å². The van der Waals surface area contributed by atoms with E-state index in [1.807, 2.05) is 18.7 Å². The Kier molecular flexibility index (Phi) is 6.01. The van der Waals surface area contributed by atoms with E-state index < -0.39 is 18.0 Å². The Morgan fingerprint density at radius 2 is 2.17 bits per heavy atom. The van der Waals surface area contributed by atoms with Crippen LogP contribution in [0.25, 0.3) is 0 Å². The van der Waals surface area contributed by atoms with Crippen molar-refractivity contribution in [3.63, 3.8) is 0 Å². The Morgan fingerprint density at radius 1 is 1.50 bits per heavy atom. The van der Waals surface area contributed by atoms with E-state index in [2.05, 4.69) is 0 Å². The normalized spacial score (nSPS) is 25.9. The van der Waals surface area contributed by atoms with Crippen LogP contribution < -0.4 is 0 Å². The van der Waals surface area contributed by atoms with Gasteiger partial charge < -0.3 is 19.7 Å². The van der Waals surface area contributed by atoms with Gasteiger partial charge >= 0.3 is 5.97 Å². The quantitative estimate of drug-likeness (QED) is 0.661. The first-order valence-corrected chi connectivity index (χ1v) is 6.22. The number of hydrogen-bond donors (Lipinski definition) is 2. The molecule has 3 atom stereocenters. The fourth-order valence-electron chi connectivity index (χ4n) is 2.04. The third kappa shape index (κ3) is 4.53. The molecule has 0 aliphatic carbocycles. The molecule has 18 heavy (non-hydrogen) atoms. The summed E-state index contributed by atoms with van der Waals surface area (Å²) >= 11 is 0. The van der Waals surface area contributed by atoms with Crippen LogP contribution in [0.2, 0.25) is 0 Å². The lowest BCUT2D eigenvalue weighted by Gasteiger charge is -2.28. The lowest BCUT2D eigenvalue weighted by Crippen LogP contribution is -2.45. The molecule has 0 bridgehead atoms. The van der Waals surface area contributed by atoms with E-state index in [1.165, 1.54) is 0 Å². The molecule has 1 aliphatic rings. The van der Waals surface area contributed by atoms with Crippen molar-refractivity contribution in [3.8, 4) is 0 Å². The zero-order valence-corrected chi connectivity index (χ0v) is 11.2. The predicted molar refractivity (Wildman–Crippen MR) is 65.5 cm³/mol. The van der Waals surface area contributed by atoms with Crippen LogP contribution in [0.1, 0.15) is 13.8 Å². The number of carboxylic acid groups (broad SMARTS) is 1. The molecule has 6 nitrogen and oxygen atoms in total. The molecule has 1 fully saturated rings. The van der Waals surface area contributed by atoms with Crippen LogP contribution in [0.3, 0.4) is 0 Å². The van der Waals surface area contributed by atoms with Crippen molar-refractivity contribution >= 4 is 5.97 Å². The molecule has 1 saturated heterocycles. The van der Waals surface area contributed by atoms with Gasteiger partial charge in [0.15, 0.2) is 0 Å². The Balaban J connectivity index is 2.39. The molecule has 0 aromatic rings. The van der Waals surface area contributed by atoms with E-state index in [0.29, 0.717) is 13.2 Å². The van der Waals surface area contributed by atoms with Gasteiger partial charge in [-0.2, -0.15) is 0 Å². The smallest absolute Gasteiger partial charge is 0.310 e. The average Bonchev–Trinajstić information content (AvgIpc) is 2.75. The van der Waals surface area contributed by atoms with Gasteiger partial charge in [-0.25, -0.2) is 0 Å². The minimum Gasteiger partial charge on any atom is -0.481 e. The number of rotatable bonds is 7. The van der Waals surface area contributed by atoms with Gasteiger partial charge in [0.05, 0.1) is 37.9 Å². The van der Waals surface area contributed by atoms with Crippen molar-refractivity contribution < 1.29 is 24.5 Å². The maximum absolute atomic E-state index is 11.0. The SMILES string of the molecule is CC(C)OCC(O)CN(C)C1COCC1C(=O)O. The van der Waals surface area contributed by atoms with Crippen molar-refractivity contribution in [2.24, 2.45) is 5.92 Å². The molecule has 0 radical (unpaired) electrons. The van der Waals surface area contributed by atoms with Gasteiger partial charge in [-0.05, 0) is 20.9 Å². The molecule has 0 spiro atoms. The van der Waals surface area contributed by atoms with Crippen LogP contribution in [0.15, 0.2) is 0 Å². The first-order chi connectivity index (χ1) is 8.41. The van der Waals surface area contributed by atoms with Gasteiger partial charge in [-0.3, -0.25) is 9.69 Å². The van der Waals surface area contributed by atoms with Crippen LogP contribution >= 0.6 is 0 Å². The molecule has 1 rings (SSSR count). The fraction of sp³-hybridized carbons (Fsp3) is 0.917. The van der Waals surface area contributed by atoms with E-state index in [-0.39, 0.29) is 25.4 Å². The number of aliphatic hydroxyl groups excluding tert-OH is 1.